The summed E-state index contributed by atoms with van der Waals surface area (Å²) in [6.45, 7) is 3.84. The van der Waals surface area contributed by atoms with E-state index >= 15 is 0 Å². The Bertz CT molecular complexity index is 920. The Morgan fingerprint density at radius 3 is 2.85 bits per heavy atom. The predicted molar refractivity (Wildman–Crippen MR) is 104 cm³/mol. The van der Waals surface area contributed by atoms with Gasteiger partial charge in [-0.05, 0) is 43.7 Å². The number of amides is 2. The zero-order valence-electron chi connectivity index (χ0n) is 14.6. The molecule has 2 amide bonds. The fraction of sp³-hybridized carbons (Fsp3) is 0.316. The topological polar surface area (TPSA) is 50.8 Å². The van der Waals surface area contributed by atoms with Crippen LogP contribution < -0.4 is 19.7 Å². The minimum absolute atomic E-state index is 0.153. The molecule has 2 aliphatic heterocycles. The summed E-state index contributed by atoms with van der Waals surface area (Å²) < 4.78 is 12.7. The predicted octanol–water partition coefficient (Wildman–Crippen LogP) is 5.19. The van der Waals surface area contributed by atoms with Crippen molar-refractivity contribution in [3.05, 3.63) is 51.0 Å². The van der Waals surface area contributed by atoms with Crippen LogP contribution in [0.2, 0.25) is 5.02 Å². The van der Waals surface area contributed by atoms with Gasteiger partial charge < -0.3 is 14.8 Å². The number of nitrogens with one attached hydrogen (secondary N) is 1. The highest BCUT2D eigenvalue weighted by atomic mass is 79.9. The SMILES string of the molecule is COc1cc(Br)cc2c1O[C@@]1(C)C[C@@H]2NC(=O)N1c1ccc(C)c(Cl)c1. The summed E-state index contributed by atoms with van der Waals surface area (Å²) in [7, 11) is 1.61. The summed E-state index contributed by atoms with van der Waals surface area (Å²) in [5.41, 5.74) is 1.71. The number of fused-ring (bicyclic) bond motifs is 4. The van der Waals surface area contributed by atoms with E-state index in [1.54, 1.807) is 18.1 Å². The van der Waals surface area contributed by atoms with Gasteiger partial charge in [-0.3, -0.25) is 4.90 Å². The molecular weight excluding hydrogens is 420 g/mol. The molecule has 2 heterocycles. The van der Waals surface area contributed by atoms with E-state index in [2.05, 4.69) is 21.2 Å². The molecule has 0 unspecified atom stereocenters. The first-order valence-corrected chi connectivity index (χ1v) is 9.43. The molecule has 1 N–H and O–H groups in total. The van der Waals surface area contributed by atoms with Crippen LogP contribution in [-0.2, 0) is 0 Å². The molecule has 26 heavy (non-hydrogen) atoms. The Kier molecular flexibility index (Phi) is 4.08. The highest BCUT2D eigenvalue weighted by Crippen LogP contribution is 2.50. The van der Waals surface area contributed by atoms with Crippen LogP contribution in [0.5, 0.6) is 11.5 Å². The van der Waals surface area contributed by atoms with Gasteiger partial charge in [0.05, 0.1) is 18.8 Å². The largest absolute Gasteiger partial charge is 0.493 e. The number of hydrogen-bond donors (Lipinski definition) is 1. The minimum Gasteiger partial charge on any atom is -0.493 e. The number of benzene rings is 2. The second kappa shape index (κ2) is 6.06. The second-order valence-corrected chi connectivity index (χ2v) is 8.10. The molecule has 0 saturated carbocycles. The van der Waals surface area contributed by atoms with Gasteiger partial charge in [0, 0.05) is 21.5 Å². The molecule has 1 fully saturated rings. The summed E-state index contributed by atoms with van der Waals surface area (Å²) >= 11 is 9.77. The Labute approximate surface area is 165 Å². The second-order valence-electron chi connectivity index (χ2n) is 6.78. The lowest BCUT2D eigenvalue weighted by Crippen LogP contribution is -2.65. The Morgan fingerprint density at radius 1 is 1.38 bits per heavy atom. The molecule has 2 aromatic rings. The number of rotatable bonds is 2. The van der Waals surface area contributed by atoms with E-state index in [9.17, 15) is 4.79 Å². The number of aryl methyl sites for hydroxylation is 1. The number of methoxy groups -OCH3 is 1. The summed E-state index contributed by atoms with van der Waals surface area (Å²) in [6.07, 6.45) is 0.608. The highest BCUT2D eigenvalue weighted by molar-refractivity contribution is 9.10. The van der Waals surface area contributed by atoms with E-state index in [0.29, 0.717) is 28.6 Å². The van der Waals surface area contributed by atoms with Crippen LogP contribution in [0.25, 0.3) is 0 Å². The maximum Gasteiger partial charge on any atom is 0.325 e. The van der Waals surface area contributed by atoms with Gasteiger partial charge in [0.1, 0.15) is 0 Å². The van der Waals surface area contributed by atoms with Gasteiger partial charge in [-0.2, -0.15) is 0 Å². The number of halogens is 2. The van der Waals surface area contributed by atoms with Crippen molar-refractivity contribution in [1.82, 2.24) is 5.32 Å². The summed E-state index contributed by atoms with van der Waals surface area (Å²) in [6, 6.07) is 9.02. The average Bonchev–Trinajstić information content (AvgIpc) is 2.57. The summed E-state index contributed by atoms with van der Waals surface area (Å²) in [5, 5.41) is 3.69. The lowest BCUT2D eigenvalue weighted by Gasteiger charge is -2.50. The molecule has 0 spiro atoms. The van der Waals surface area contributed by atoms with Crippen LogP contribution >= 0.6 is 27.5 Å². The van der Waals surface area contributed by atoms with Crippen LogP contribution in [0.15, 0.2) is 34.8 Å². The molecule has 4 rings (SSSR count). The molecule has 7 heteroatoms. The van der Waals surface area contributed by atoms with Crippen LogP contribution in [0.4, 0.5) is 10.5 Å². The molecule has 0 radical (unpaired) electrons. The van der Waals surface area contributed by atoms with E-state index in [0.717, 1.165) is 15.6 Å². The highest BCUT2D eigenvalue weighted by Gasteiger charge is 2.50. The van der Waals surface area contributed by atoms with Crippen molar-refractivity contribution >= 4 is 39.2 Å². The molecule has 2 bridgehead atoms. The summed E-state index contributed by atoms with van der Waals surface area (Å²) in [5.74, 6) is 1.28. The first-order valence-electron chi connectivity index (χ1n) is 8.26. The molecule has 2 aliphatic rings. The van der Waals surface area contributed by atoms with Crippen LogP contribution in [0.1, 0.15) is 30.5 Å². The number of anilines is 1. The molecule has 2 atom stereocenters. The third kappa shape index (κ3) is 2.63. The minimum atomic E-state index is -0.848. The quantitative estimate of drug-likeness (QED) is 0.703. The smallest absolute Gasteiger partial charge is 0.325 e. The first-order chi connectivity index (χ1) is 12.3. The van der Waals surface area contributed by atoms with Crippen molar-refractivity contribution in [3.63, 3.8) is 0 Å². The zero-order chi connectivity index (χ0) is 18.6. The zero-order valence-corrected chi connectivity index (χ0v) is 16.9. The molecule has 2 aromatic carbocycles. The molecular formula is C19H18BrClN2O3. The van der Waals surface area contributed by atoms with Gasteiger partial charge in [-0.1, -0.05) is 33.6 Å². The van der Waals surface area contributed by atoms with Gasteiger partial charge in [0.2, 0.25) is 0 Å². The van der Waals surface area contributed by atoms with Gasteiger partial charge in [0.25, 0.3) is 0 Å². The lowest BCUT2D eigenvalue weighted by atomic mass is 9.90. The number of nitrogens with zero attached hydrogens (tertiary/aromatic N) is 1. The normalized spacial score (nSPS) is 23.8. The van der Waals surface area contributed by atoms with Crippen molar-refractivity contribution in [2.75, 3.05) is 12.0 Å². The van der Waals surface area contributed by atoms with Crippen molar-refractivity contribution in [2.24, 2.45) is 0 Å². The number of ether oxygens (including phenoxy) is 2. The van der Waals surface area contributed by atoms with Crippen molar-refractivity contribution in [1.29, 1.82) is 0 Å². The number of hydrogen-bond acceptors (Lipinski definition) is 3. The van der Waals surface area contributed by atoms with Crippen LogP contribution in [0, 0.1) is 6.92 Å². The summed E-state index contributed by atoms with van der Waals surface area (Å²) in [4.78, 5) is 14.5. The molecule has 5 nitrogen and oxygen atoms in total. The van der Waals surface area contributed by atoms with E-state index in [-0.39, 0.29) is 12.1 Å². The molecule has 0 aliphatic carbocycles. The molecule has 0 aromatic heterocycles. The van der Waals surface area contributed by atoms with Crippen molar-refractivity contribution in [3.8, 4) is 11.5 Å². The van der Waals surface area contributed by atoms with E-state index in [1.807, 2.05) is 38.1 Å². The van der Waals surface area contributed by atoms with Crippen LogP contribution in [0.3, 0.4) is 0 Å². The maximum atomic E-state index is 12.9. The van der Waals surface area contributed by atoms with Crippen molar-refractivity contribution in [2.45, 2.75) is 32.0 Å². The monoisotopic (exact) mass is 436 g/mol. The molecule has 136 valence electrons. The Hall–Kier alpha value is -1.92. The van der Waals surface area contributed by atoms with Gasteiger partial charge in [0.15, 0.2) is 17.2 Å². The Balaban J connectivity index is 1.83. The third-order valence-electron chi connectivity index (χ3n) is 4.94. The standard InChI is InChI=1S/C19H18BrClN2O3/c1-10-4-5-12(8-14(10)21)23-18(24)22-15-9-19(23,2)26-17-13(15)6-11(20)7-16(17)25-3/h4-8,15H,9H2,1-3H3,(H,22,24)/t15-,19-/m0/s1. The number of carbonyl (C=O) groups excluding carboxylic acids is 1. The number of carbonyl (C=O) groups is 1. The first kappa shape index (κ1) is 17.5. The van der Waals surface area contributed by atoms with E-state index < -0.39 is 5.72 Å². The number of urea groups is 1. The van der Waals surface area contributed by atoms with E-state index in [4.69, 9.17) is 21.1 Å². The van der Waals surface area contributed by atoms with Gasteiger partial charge in [-0.15, -0.1) is 0 Å². The van der Waals surface area contributed by atoms with Crippen LogP contribution in [-0.4, -0.2) is 18.9 Å². The average molecular weight is 438 g/mol. The van der Waals surface area contributed by atoms with E-state index in [1.165, 1.54) is 0 Å². The fourth-order valence-electron chi connectivity index (χ4n) is 3.66. The Morgan fingerprint density at radius 2 is 2.15 bits per heavy atom. The third-order valence-corrected chi connectivity index (χ3v) is 5.80. The maximum absolute atomic E-state index is 12.9. The van der Waals surface area contributed by atoms with Gasteiger partial charge >= 0.3 is 6.03 Å². The van der Waals surface area contributed by atoms with Gasteiger partial charge in [-0.25, -0.2) is 4.79 Å². The fourth-order valence-corrected chi connectivity index (χ4v) is 4.29. The van der Waals surface area contributed by atoms with Crippen molar-refractivity contribution < 1.29 is 14.3 Å². The molecule has 1 saturated heterocycles. The lowest BCUT2D eigenvalue weighted by molar-refractivity contribution is 0.0349.